The number of allylic oxidation sites excluding steroid dienone is 1. The first-order valence-electron chi connectivity index (χ1n) is 8.67. The van der Waals surface area contributed by atoms with Crippen LogP contribution in [-0.2, 0) is 14.4 Å². The molecule has 0 aromatic heterocycles. The zero-order valence-electron chi connectivity index (χ0n) is 14.9. The first kappa shape index (κ1) is 16.1. The second-order valence-corrected chi connectivity index (χ2v) is 8.23. The average Bonchev–Trinajstić information content (AvgIpc) is 3.02. The van der Waals surface area contributed by atoms with Crippen molar-refractivity contribution in [3.63, 3.8) is 0 Å². The Balaban J connectivity index is 1.93. The van der Waals surface area contributed by atoms with Crippen molar-refractivity contribution in [2.24, 2.45) is 17.3 Å². The maximum atomic E-state index is 13.3. The van der Waals surface area contributed by atoms with E-state index in [9.17, 15) is 14.4 Å². The van der Waals surface area contributed by atoms with Gasteiger partial charge in [0.2, 0.25) is 11.8 Å². The highest BCUT2D eigenvalue weighted by Crippen LogP contribution is 2.49. The van der Waals surface area contributed by atoms with Gasteiger partial charge in [-0.3, -0.25) is 19.7 Å². The molecular weight excluding hydrogens is 316 g/mol. The van der Waals surface area contributed by atoms with Gasteiger partial charge in [-0.15, -0.1) is 0 Å². The van der Waals surface area contributed by atoms with Crippen LogP contribution in [-0.4, -0.2) is 29.7 Å². The largest absolute Gasteiger partial charge is 0.353 e. The molecule has 0 spiro atoms. The SMILES string of the molecule is CC1=C[C@@H]2[C@@H]3C(=O)NC(=O)[C@@H]3[C@@H](C(=O)C(C)(C)C)N2c2ccccc21. The van der Waals surface area contributed by atoms with Crippen molar-refractivity contribution in [2.75, 3.05) is 4.90 Å². The molecule has 1 aromatic carbocycles. The molecule has 1 aromatic rings. The summed E-state index contributed by atoms with van der Waals surface area (Å²) in [6.45, 7) is 7.61. The minimum atomic E-state index is -0.626. The zero-order chi connectivity index (χ0) is 18.1. The maximum Gasteiger partial charge on any atom is 0.233 e. The third kappa shape index (κ3) is 2.11. The molecule has 4 atom stereocenters. The van der Waals surface area contributed by atoms with Gasteiger partial charge in [-0.25, -0.2) is 0 Å². The van der Waals surface area contributed by atoms with Crippen LogP contribution < -0.4 is 10.2 Å². The number of hydrogen-bond donors (Lipinski definition) is 1. The molecule has 2 fully saturated rings. The van der Waals surface area contributed by atoms with Gasteiger partial charge in [-0.05, 0) is 18.6 Å². The Morgan fingerprint density at radius 3 is 2.40 bits per heavy atom. The van der Waals surface area contributed by atoms with E-state index in [1.165, 1.54) is 0 Å². The summed E-state index contributed by atoms with van der Waals surface area (Å²) >= 11 is 0. The normalized spacial score (nSPS) is 30.4. The lowest BCUT2D eigenvalue weighted by Gasteiger charge is -2.39. The quantitative estimate of drug-likeness (QED) is 0.797. The van der Waals surface area contributed by atoms with Gasteiger partial charge in [0.15, 0.2) is 5.78 Å². The second kappa shape index (κ2) is 5.04. The monoisotopic (exact) mass is 338 g/mol. The van der Waals surface area contributed by atoms with Gasteiger partial charge in [0.05, 0.1) is 17.9 Å². The van der Waals surface area contributed by atoms with Gasteiger partial charge < -0.3 is 4.90 Å². The smallest absolute Gasteiger partial charge is 0.233 e. The zero-order valence-corrected chi connectivity index (χ0v) is 14.9. The summed E-state index contributed by atoms with van der Waals surface area (Å²) in [7, 11) is 0. The molecule has 5 heteroatoms. The number of carbonyl (C=O) groups excluding carboxylic acids is 3. The van der Waals surface area contributed by atoms with Gasteiger partial charge in [-0.1, -0.05) is 45.0 Å². The van der Waals surface area contributed by atoms with Gasteiger partial charge in [-0.2, -0.15) is 0 Å². The molecule has 130 valence electrons. The lowest BCUT2D eigenvalue weighted by molar-refractivity contribution is -0.132. The Kier molecular flexibility index (Phi) is 3.24. The van der Waals surface area contributed by atoms with Crippen LogP contribution in [0.15, 0.2) is 30.3 Å². The van der Waals surface area contributed by atoms with Gasteiger partial charge in [0, 0.05) is 16.7 Å². The number of fused-ring (bicyclic) bond motifs is 5. The summed E-state index contributed by atoms with van der Waals surface area (Å²) in [5, 5.41) is 2.44. The molecule has 25 heavy (non-hydrogen) atoms. The van der Waals surface area contributed by atoms with Crippen LogP contribution in [0.25, 0.3) is 5.57 Å². The summed E-state index contributed by atoms with van der Waals surface area (Å²) in [6, 6.07) is 7.02. The Labute approximate surface area is 147 Å². The van der Waals surface area contributed by atoms with E-state index < -0.39 is 23.3 Å². The van der Waals surface area contributed by atoms with Crippen LogP contribution in [0.4, 0.5) is 5.69 Å². The number of benzene rings is 1. The molecular formula is C20H22N2O3. The molecule has 2 amide bonds. The van der Waals surface area contributed by atoms with E-state index in [4.69, 9.17) is 0 Å². The van der Waals surface area contributed by atoms with Crippen LogP contribution in [0.3, 0.4) is 0 Å². The number of nitrogens with one attached hydrogen (secondary N) is 1. The van der Waals surface area contributed by atoms with Crippen LogP contribution in [0.1, 0.15) is 33.3 Å². The Morgan fingerprint density at radius 1 is 1.08 bits per heavy atom. The van der Waals surface area contributed by atoms with Crippen LogP contribution in [0.5, 0.6) is 0 Å². The molecule has 3 aliphatic rings. The van der Waals surface area contributed by atoms with Crippen LogP contribution >= 0.6 is 0 Å². The maximum absolute atomic E-state index is 13.3. The molecule has 5 nitrogen and oxygen atoms in total. The molecule has 4 rings (SSSR count). The number of amides is 2. The predicted octanol–water partition coefficient (Wildman–Crippen LogP) is 2.16. The summed E-state index contributed by atoms with van der Waals surface area (Å²) in [5.74, 6) is -1.72. The summed E-state index contributed by atoms with van der Waals surface area (Å²) in [4.78, 5) is 40.2. The number of rotatable bonds is 1. The number of anilines is 1. The molecule has 0 radical (unpaired) electrons. The predicted molar refractivity (Wildman–Crippen MR) is 94.7 cm³/mol. The topological polar surface area (TPSA) is 66.5 Å². The van der Waals surface area contributed by atoms with Gasteiger partial charge in [0.1, 0.15) is 6.04 Å². The number of imide groups is 1. The van der Waals surface area contributed by atoms with E-state index in [0.29, 0.717) is 0 Å². The van der Waals surface area contributed by atoms with Crippen LogP contribution in [0, 0.1) is 17.3 Å². The lowest BCUT2D eigenvalue weighted by atomic mass is 9.79. The highest BCUT2D eigenvalue weighted by atomic mass is 16.2. The van der Waals surface area contributed by atoms with Crippen molar-refractivity contribution in [1.82, 2.24) is 5.32 Å². The first-order valence-corrected chi connectivity index (χ1v) is 8.67. The number of Topliss-reactive ketones (excluding diaryl/α,β-unsaturated/α-hetero) is 1. The molecule has 0 unspecified atom stereocenters. The fourth-order valence-electron chi connectivity index (χ4n) is 4.46. The summed E-state index contributed by atoms with van der Waals surface area (Å²) in [6.07, 6.45) is 2.04. The van der Waals surface area contributed by atoms with E-state index >= 15 is 0 Å². The third-order valence-electron chi connectivity index (χ3n) is 5.60. The summed E-state index contributed by atoms with van der Waals surface area (Å²) in [5.41, 5.74) is 2.47. The number of para-hydroxylation sites is 1. The Hall–Kier alpha value is -2.43. The van der Waals surface area contributed by atoms with Gasteiger partial charge >= 0.3 is 0 Å². The summed E-state index contributed by atoms with van der Waals surface area (Å²) < 4.78 is 0. The first-order chi connectivity index (χ1) is 11.7. The highest BCUT2D eigenvalue weighted by molar-refractivity contribution is 6.12. The van der Waals surface area contributed by atoms with Crippen molar-refractivity contribution >= 4 is 28.9 Å². The number of ketones is 1. The molecule has 0 saturated carbocycles. The molecule has 0 bridgehead atoms. The lowest BCUT2D eigenvalue weighted by Crippen LogP contribution is -2.51. The second-order valence-electron chi connectivity index (χ2n) is 8.23. The standard InChI is InChI=1S/C20H22N2O3/c1-10-9-13-14-15(19(25)21-18(14)24)16(17(23)20(2,3)4)22(13)12-8-6-5-7-11(10)12/h5-9,13-16H,1-4H3,(H,21,24,25)/t13-,14+,15+,16+/m1/s1. The van der Waals surface area contributed by atoms with Crippen molar-refractivity contribution in [3.8, 4) is 0 Å². The number of hydrogen-bond acceptors (Lipinski definition) is 4. The number of nitrogens with zero attached hydrogens (tertiary/aromatic N) is 1. The molecule has 1 N–H and O–H groups in total. The van der Waals surface area contributed by atoms with E-state index in [0.717, 1.165) is 16.8 Å². The highest BCUT2D eigenvalue weighted by Gasteiger charge is 2.62. The minimum Gasteiger partial charge on any atom is -0.353 e. The van der Waals surface area contributed by atoms with E-state index in [2.05, 4.69) is 5.32 Å². The fraction of sp³-hybridized carbons (Fsp3) is 0.450. The fourth-order valence-corrected chi connectivity index (χ4v) is 4.46. The van der Waals surface area contributed by atoms with E-state index in [-0.39, 0.29) is 23.6 Å². The average molecular weight is 338 g/mol. The molecule has 3 heterocycles. The Bertz CT molecular complexity index is 834. The number of carbonyl (C=O) groups is 3. The minimum absolute atomic E-state index is 0.00222. The molecule has 0 aliphatic carbocycles. The van der Waals surface area contributed by atoms with Crippen molar-refractivity contribution < 1.29 is 14.4 Å². The molecule has 2 saturated heterocycles. The Morgan fingerprint density at radius 2 is 1.72 bits per heavy atom. The molecule has 3 aliphatic heterocycles. The van der Waals surface area contributed by atoms with Crippen molar-refractivity contribution in [1.29, 1.82) is 0 Å². The van der Waals surface area contributed by atoms with E-state index in [1.807, 2.05) is 62.9 Å². The van der Waals surface area contributed by atoms with Crippen molar-refractivity contribution in [2.45, 2.75) is 39.8 Å². The van der Waals surface area contributed by atoms with E-state index in [1.54, 1.807) is 0 Å². The van der Waals surface area contributed by atoms with Gasteiger partial charge in [0.25, 0.3) is 0 Å². The van der Waals surface area contributed by atoms with Crippen molar-refractivity contribution in [3.05, 3.63) is 35.9 Å². The third-order valence-corrected chi connectivity index (χ3v) is 5.60. The van der Waals surface area contributed by atoms with Crippen LogP contribution in [0.2, 0.25) is 0 Å².